The van der Waals surface area contributed by atoms with Crippen LogP contribution in [0, 0.1) is 0 Å². The van der Waals surface area contributed by atoms with E-state index in [4.69, 9.17) is 12.6 Å². The van der Waals surface area contributed by atoms with Gasteiger partial charge in [0.1, 0.15) is 6.54 Å². The third-order valence-electron chi connectivity index (χ3n) is 1.98. The molecule has 0 bridgehead atoms. The first kappa shape index (κ1) is 9.45. The number of aryl methyl sites for hydroxylation is 1. The summed E-state index contributed by atoms with van der Waals surface area (Å²) in [6, 6.07) is 0. The molecule has 0 aliphatic rings. The van der Waals surface area contributed by atoms with Crippen LogP contribution < -0.4 is 4.57 Å². The average Bonchev–Trinajstić information content (AvgIpc) is 2.40. The second-order valence-corrected chi connectivity index (χ2v) is 2.98. The summed E-state index contributed by atoms with van der Waals surface area (Å²) in [6.07, 6.45) is 0.991. The summed E-state index contributed by atoms with van der Waals surface area (Å²) in [7, 11) is 0. The highest BCUT2D eigenvalue weighted by Crippen LogP contribution is 1.96. The van der Waals surface area contributed by atoms with E-state index in [0.717, 1.165) is 19.5 Å². The smallest absolute Gasteiger partial charge is 0.234 e. The average molecular weight is 185 g/mol. The SMILES string of the molecule is CCc1n(CC)nc([S-])[n+]1CC. The van der Waals surface area contributed by atoms with E-state index in [1.165, 1.54) is 5.82 Å². The molecule has 0 aromatic carbocycles. The van der Waals surface area contributed by atoms with Crippen molar-refractivity contribution in [2.24, 2.45) is 0 Å². The lowest BCUT2D eigenvalue weighted by Gasteiger charge is -2.00. The third-order valence-corrected chi connectivity index (χ3v) is 2.28. The Bertz CT molecular complexity index is 268. The van der Waals surface area contributed by atoms with Crippen molar-refractivity contribution in [2.75, 3.05) is 0 Å². The molecule has 68 valence electrons. The summed E-state index contributed by atoms with van der Waals surface area (Å²) < 4.78 is 4.06. The topological polar surface area (TPSA) is 21.7 Å². The number of rotatable bonds is 3. The van der Waals surface area contributed by atoms with Gasteiger partial charge in [0.2, 0.25) is 5.82 Å². The number of hydrogen-bond acceptors (Lipinski definition) is 2. The predicted octanol–water partition coefficient (Wildman–Crippen LogP) is 0.679. The summed E-state index contributed by atoms with van der Waals surface area (Å²) in [5.41, 5.74) is 0. The first-order valence-corrected chi connectivity index (χ1v) is 4.81. The van der Waals surface area contributed by atoms with Crippen molar-refractivity contribution in [3.05, 3.63) is 5.82 Å². The Labute approximate surface area is 78.8 Å². The van der Waals surface area contributed by atoms with Crippen LogP contribution in [0.5, 0.6) is 0 Å². The van der Waals surface area contributed by atoms with E-state index in [1.807, 2.05) is 4.68 Å². The van der Waals surface area contributed by atoms with Crippen LogP contribution >= 0.6 is 0 Å². The van der Waals surface area contributed by atoms with Crippen LogP contribution in [0.1, 0.15) is 26.6 Å². The molecule has 0 saturated heterocycles. The fraction of sp³-hybridized carbons (Fsp3) is 0.750. The van der Waals surface area contributed by atoms with Gasteiger partial charge in [0.25, 0.3) is 0 Å². The minimum Gasteiger partial charge on any atom is -0.703 e. The second-order valence-electron chi connectivity index (χ2n) is 2.61. The Hall–Kier alpha value is -0.640. The molecule has 0 fully saturated rings. The first-order valence-electron chi connectivity index (χ1n) is 4.41. The lowest BCUT2D eigenvalue weighted by Crippen LogP contribution is -2.38. The van der Waals surface area contributed by atoms with Crippen molar-refractivity contribution in [2.45, 2.75) is 45.4 Å². The Morgan fingerprint density at radius 1 is 1.42 bits per heavy atom. The largest absolute Gasteiger partial charge is 0.703 e. The quantitative estimate of drug-likeness (QED) is 0.510. The minimum atomic E-state index is 0.705. The van der Waals surface area contributed by atoms with Crippen molar-refractivity contribution in [1.82, 2.24) is 9.78 Å². The summed E-state index contributed by atoms with van der Waals surface area (Å²) in [6.45, 7) is 8.13. The molecule has 1 heterocycles. The van der Waals surface area contributed by atoms with Crippen molar-refractivity contribution in [3.8, 4) is 0 Å². The molecular weight excluding hydrogens is 170 g/mol. The Kier molecular flexibility index (Phi) is 3.03. The molecule has 12 heavy (non-hydrogen) atoms. The molecule has 0 atom stereocenters. The van der Waals surface area contributed by atoms with Gasteiger partial charge in [0.05, 0.1) is 6.54 Å². The van der Waals surface area contributed by atoms with Crippen LogP contribution in [-0.2, 0) is 32.1 Å². The molecule has 0 amide bonds. The maximum absolute atomic E-state index is 5.12. The molecule has 0 aliphatic heterocycles. The number of nitrogens with zero attached hydrogens (tertiary/aromatic N) is 3. The van der Waals surface area contributed by atoms with E-state index in [0.29, 0.717) is 5.16 Å². The highest BCUT2D eigenvalue weighted by Gasteiger charge is 2.14. The Balaban J connectivity index is 3.16. The zero-order valence-corrected chi connectivity index (χ0v) is 8.69. The van der Waals surface area contributed by atoms with E-state index in [2.05, 4.69) is 30.4 Å². The van der Waals surface area contributed by atoms with Gasteiger partial charge in [-0.05, 0) is 13.8 Å². The standard InChI is InChI=1S/C8H15N3S/c1-4-7-10(5-2)8(12)9-11(7)6-3/h4-6H2,1-3H3. The van der Waals surface area contributed by atoms with Crippen LogP contribution in [0.2, 0.25) is 0 Å². The molecule has 0 spiro atoms. The fourth-order valence-corrected chi connectivity index (χ4v) is 1.74. The number of hydrogen-bond donors (Lipinski definition) is 0. The second kappa shape index (κ2) is 3.85. The Morgan fingerprint density at radius 2 is 2.08 bits per heavy atom. The van der Waals surface area contributed by atoms with E-state index < -0.39 is 0 Å². The van der Waals surface area contributed by atoms with Crippen LogP contribution in [0.4, 0.5) is 0 Å². The normalized spacial score (nSPS) is 10.6. The predicted molar refractivity (Wildman–Crippen MR) is 48.8 cm³/mol. The van der Waals surface area contributed by atoms with Gasteiger partial charge in [-0.25, -0.2) is 0 Å². The molecule has 3 nitrogen and oxygen atoms in total. The molecule has 4 heteroatoms. The van der Waals surface area contributed by atoms with Gasteiger partial charge in [-0.3, -0.25) is 4.57 Å². The maximum atomic E-state index is 5.12. The molecule has 0 N–H and O–H groups in total. The van der Waals surface area contributed by atoms with E-state index in [-0.39, 0.29) is 0 Å². The summed E-state index contributed by atoms with van der Waals surface area (Å²) >= 11 is 5.12. The lowest BCUT2D eigenvalue weighted by molar-refractivity contribution is -0.737. The van der Waals surface area contributed by atoms with Crippen molar-refractivity contribution < 1.29 is 4.57 Å². The monoisotopic (exact) mass is 185 g/mol. The molecule has 1 rings (SSSR count). The Morgan fingerprint density at radius 3 is 2.50 bits per heavy atom. The van der Waals surface area contributed by atoms with Crippen LogP contribution in [-0.4, -0.2) is 9.78 Å². The van der Waals surface area contributed by atoms with Gasteiger partial charge >= 0.3 is 0 Å². The van der Waals surface area contributed by atoms with Gasteiger partial charge in [0.15, 0.2) is 5.16 Å². The van der Waals surface area contributed by atoms with Gasteiger partial charge in [-0.2, -0.15) is 0 Å². The third kappa shape index (κ3) is 1.43. The summed E-state index contributed by atoms with van der Waals surface area (Å²) in [4.78, 5) is 0. The van der Waals surface area contributed by atoms with Crippen LogP contribution in [0.25, 0.3) is 0 Å². The van der Waals surface area contributed by atoms with Crippen molar-refractivity contribution in [3.63, 3.8) is 0 Å². The summed E-state index contributed by atoms with van der Waals surface area (Å²) in [5.74, 6) is 1.23. The van der Waals surface area contributed by atoms with Crippen LogP contribution in [0.3, 0.4) is 0 Å². The molecule has 1 aromatic rings. The fourth-order valence-electron chi connectivity index (χ4n) is 1.41. The van der Waals surface area contributed by atoms with Crippen molar-refractivity contribution >= 4 is 12.6 Å². The minimum absolute atomic E-state index is 0.705. The molecule has 0 aliphatic carbocycles. The van der Waals surface area contributed by atoms with E-state index in [1.54, 1.807) is 0 Å². The summed E-state index contributed by atoms with van der Waals surface area (Å²) in [5, 5.41) is 4.97. The molecular formula is C8H15N3S. The number of aromatic nitrogens is 3. The highest BCUT2D eigenvalue weighted by molar-refractivity contribution is 7.58. The molecule has 0 saturated carbocycles. The van der Waals surface area contributed by atoms with Crippen LogP contribution in [0.15, 0.2) is 5.16 Å². The van der Waals surface area contributed by atoms with Gasteiger partial charge in [-0.1, -0.05) is 6.92 Å². The zero-order chi connectivity index (χ0) is 9.14. The van der Waals surface area contributed by atoms with Gasteiger partial charge in [-0.15, -0.1) is 4.68 Å². The molecule has 0 radical (unpaired) electrons. The lowest BCUT2D eigenvalue weighted by atomic mass is 10.4. The van der Waals surface area contributed by atoms with Gasteiger partial charge in [0, 0.05) is 11.5 Å². The van der Waals surface area contributed by atoms with Gasteiger partial charge < -0.3 is 12.6 Å². The zero-order valence-electron chi connectivity index (χ0n) is 7.87. The molecule has 1 aromatic heterocycles. The first-order chi connectivity index (χ1) is 5.74. The van der Waals surface area contributed by atoms with E-state index in [9.17, 15) is 0 Å². The van der Waals surface area contributed by atoms with E-state index >= 15 is 0 Å². The highest BCUT2D eigenvalue weighted by atomic mass is 32.1. The van der Waals surface area contributed by atoms with Crippen molar-refractivity contribution in [1.29, 1.82) is 0 Å². The molecule has 0 unspecified atom stereocenters. The maximum Gasteiger partial charge on any atom is 0.234 e.